The fraction of sp³-hybridized carbons (Fsp3) is 0.455. The Kier molecular flexibility index (Phi) is 2.56. The first kappa shape index (κ1) is 10.6. The number of hydrogen-bond acceptors (Lipinski definition) is 3. The van der Waals surface area contributed by atoms with Gasteiger partial charge in [-0.1, -0.05) is 18.2 Å². The molecule has 1 aromatic rings. The summed E-state index contributed by atoms with van der Waals surface area (Å²) >= 11 is 0. The van der Waals surface area contributed by atoms with Crippen molar-refractivity contribution in [2.24, 2.45) is 0 Å². The topological polar surface area (TPSA) is 54.4 Å². The molecule has 0 saturated carbocycles. The number of benzene rings is 1. The van der Waals surface area contributed by atoms with Crippen molar-refractivity contribution >= 4 is 9.84 Å². The number of aliphatic hydroxyl groups excluding tert-OH is 1. The van der Waals surface area contributed by atoms with E-state index < -0.39 is 9.84 Å². The summed E-state index contributed by atoms with van der Waals surface area (Å²) in [4.78, 5) is 0.464. The largest absolute Gasteiger partial charge is 0.396 e. The minimum atomic E-state index is -3.15. The summed E-state index contributed by atoms with van der Waals surface area (Å²) in [6.07, 6.45) is 1.01. The van der Waals surface area contributed by atoms with Crippen molar-refractivity contribution in [1.29, 1.82) is 0 Å². The molecular weight excluding hydrogens is 212 g/mol. The Labute approximate surface area is 89.7 Å². The normalized spacial score (nSPS) is 22.7. The van der Waals surface area contributed by atoms with Crippen molar-refractivity contribution in [2.75, 3.05) is 6.61 Å². The lowest BCUT2D eigenvalue weighted by Gasteiger charge is -2.06. The van der Waals surface area contributed by atoms with Crippen LogP contribution in [-0.2, 0) is 22.7 Å². The van der Waals surface area contributed by atoms with E-state index in [-0.39, 0.29) is 11.9 Å². The lowest BCUT2D eigenvalue weighted by molar-refractivity contribution is 0.298. The van der Waals surface area contributed by atoms with Crippen molar-refractivity contribution in [2.45, 2.75) is 29.9 Å². The molecule has 0 saturated heterocycles. The van der Waals surface area contributed by atoms with E-state index in [1.54, 1.807) is 13.0 Å². The molecule has 1 heterocycles. The van der Waals surface area contributed by atoms with Crippen LogP contribution in [0.25, 0.3) is 0 Å². The first-order valence-electron chi connectivity index (χ1n) is 5.03. The SMILES string of the molecule is CC1Cc2cccc(CCO)c2S1(=O)=O. The van der Waals surface area contributed by atoms with E-state index in [9.17, 15) is 8.42 Å². The quantitative estimate of drug-likeness (QED) is 0.816. The Hall–Kier alpha value is -0.870. The summed E-state index contributed by atoms with van der Waals surface area (Å²) in [5, 5.41) is 8.57. The van der Waals surface area contributed by atoms with Gasteiger partial charge in [0.2, 0.25) is 0 Å². The summed E-state index contributed by atoms with van der Waals surface area (Å²) in [5.74, 6) is 0. The van der Waals surface area contributed by atoms with E-state index in [0.29, 0.717) is 17.7 Å². The minimum absolute atomic E-state index is 0.0135. The molecule has 0 radical (unpaired) electrons. The Morgan fingerprint density at radius 1 is 1.47 bits per heavy atom. The van der Waals surface area contributed by atoms with Gasteiger partial charge in [-0.15, -0.1) is 0 Å². The van der Waals surface area contributed by atoms with Gasteiger partial charge in [-0.05, 0) is 30.9 Å². The highest BCUT2D eigenvalue weighted by atomic mass is 32.2. The monoisotopic (exact) mass is 226 g/mol. The van der Waals surface area contributed by atoms with Crippen LogP contribution < -0.4 is 0 Å². The van der Waals surface area contributed by atoms with Gasteiger partial charge in [0.1, 0.15) is 0 Å². The molecule has 0 bridgehead atoms. The van der Waals surface area contributed by atoms with Crippen LogP contribution in [0, 0.1) is 0 Å². The summed E-state index contributed by atoms with van der Waals surface area (Å²) < 4.78 is 24.0. The summed E-state index contributed by atoms with van der Waals surface area (Å²) in [6.45, 7) is 1.72. The number of sulfone groups is 1. The van der Waals surface area contributed by atoms with Crippen LogP contribution in [0.5, 0.6) is 0 Å². The number of hydrogen-bond donors (Lipinski definition) is 1. The van der Waals surface area contributed by atoms with E-state index >= 15 is 0 Å². The summed E-state index contributed by atoms with van der Waals surface area (Å²) in [7, 11) is -3.15. The lowest BCUT2D eigenvalue weighted by atomic mass is 10.1. The molecule has 2 rings (SSSR count). The van der Waals surface area contributed by atoms with Gasteiger partial charge in [0.25, 0.3) is 0 Å². The summed E-state index contributed by atoms with van der Waals surface area (Å²) in [5.41, 5.74) is 1.65. The summed E-state index contributed by atoms with van der Waals surface area (Å²) in [6, 6.07) is 5.50. The van der Waals surface area contributed by atoms with Crippen molar-refractivity contribution in [3.05, 3.63) is 29.3 Å². The zero-order chi connectivity index (χ0) is 11.1. The van der Waals surface area contributed by atoms with Crippen LogP contribution in [0.4, 0.5) is 0 Å². The van der Waals surface area contributed by atoms with Crippen LogP contribution in [0.1, 0.15) is 18.1 Å². The fourth-order valence-corrected chi connectivity index (χ4v) is 3.96. The average Bonchev–Trinajstić information content (AvgIpc) is 2.39. The molecule has 82 valence electrons. The predicted molar refractivity (Wildman–Crippen MR) is 57.6 cm³/mol. The van der Waals surface area contributed by atoms with Crippen molar-refractivity contribution in [1.82, 2.24) is 0 Å². The lowest BCUT2D eigenvalue weighted by Crippen LogP contribution is -2.13. The molecule has 4 heteroatoms. The Bertz CT molecular complexity index is 477. The molecule has 0 amide bonds. The van der Waals surface area contributed by atoms with Gasteiger partial charge in [-0.2, -0.15) is 0 Å². The molecule has 15 heavy (non-hydrogen) atoms. The third-order valence-corrected chi connectivity index (χ3v) is 5.20. The Morgan fingerprint density at radius 2 is 2.20 bits per heavy atom. The molecule has 0 aromatic heterocycles. The van der Waals surface area contributed by atoms with E-state index in [0.717, 1.165) is 11.1 Å². The average molecular weight is 226 g/mol. The molecule has 1 aliphatic heterocycles. The second kappa shape index (κ2) is 3.61. The maximum atomic E-state index is 12.0. The maximum Gasteiger partial charge on any atom is 0.181 e. The highest BCUT2D eigenvalue weighted by Gasteiger charge is 2.35. The first-order valence-corrected chi connectivity index (χ1v) is 6.57. The molecule has 1 unspecified atom stereocenters. The van der Waals surface area contributed by atoms with E-state index in [2.05, 4.69) is 0 Å². The first-order chi connectivity index (χ1) is 7.07. The predicted octanol–water partition coefficient (Wildman–Crippen LogP) is 0.940. The van der Waals surface area contributed by atoms with Gasteiger partial charge in [0.05, 0.1) is 10.1 Å². The van der Waals surface area contributed by atoms with Crippen LogP contribution in [0.3, 0.4) is 0 Å². The highest BCUT2D eigenvalue weighted by molar-refractivity contribution is 7.92. The van der Waals surface area contributed by atoms with Crippen molar-refractivity contribution in [3.8, 4) is 0 Å². The van der Waals surface area contributed by atoms with Crippen LogP contribution in [-0.4, -0.2) is 25.4 Å². The van der Waals surface area contributed by atoms with Gasteiger partial charge in [0.15, 0.2) is 9.84 Å². The fourth-order valence-electron chi connectivity index (χ4n) is 2.10. The zero-order valence-electron chi connectivity index (χ0n) is 8.60. The third-order valence-electron chi connectivity index (χ3n) is 2.88. The van der Waals surface area contributed by atoms with Crippen molar-refractivity contribution in [3.63, 3.8) is 0 Å². The van der Waals surface area contributed by atoms with Crippen LogP contribution >= 0.6 is 0 Å². The van der Waals surface area contributed by atoms with Crippen LogP contribution in [0.2, 0.25) is 0 Å². The van der Waals surface area contributed by atoms with E-state index in [1.807, 2.05) is 12.1 Å². The smallest absolute Gasteiger partial charge is 0.181 e. The molecular formula is C11H14O3S. The molecule has 3 nitrogen and oxygen atoms in total. The minimum Gasteiger partial charge on any atom is -0.396 e. The van der Waals surface area contributed by atoms with Gasteiger partial charge >= 0.3 is 0 Å². The number of fused-ring (bicyclic) bond motifs is 1. The standard InChI is InChI=1S/C11H14O3S/c1-8-7-10-4-2-3-9(5-6-12)11(10)15(8,13)14/h2-4,8,12H,5-7H2,1H3. The Morgan fingerprint density at radius 3 is 2.87 bits per heavy atom. The second-order valence-electron chi connectivity index (χ2n) is 3.94. The van der Waals surface area contributed by atoms with E-state index in [4.69, 9.17) is 5.11 Å². The van der Waals surface area contributed by atoms with Gasteiger partial charge in [-0.25, -0.2) is 8.42 Å². The molecule has 1 aromatic carbocycles. The molecule has 1 atom stereocenters. The molecule has 1 aliphatic rings. The zero-order valence-corrected chi connectivity index (χ0v) is 9.42. The molecule has 0 spiro atoms. The third kappa shape index (κ3) is 1.58. The maximum absolute atomic E-state index is 12.0. The molecule has 0 aliphatic carbocycles. The Balaban J connectivity index is 2.62. The van der Waals surface area contributed by atoms with Crippen molar-refractivity contribution < 1.29 is 13.5 Å². The highest BCUT2D eigenvalue weighted by Crippen LogP contribution is 2.33. The molecule has 0 fully saturated rings. The van der Waals surface area contributed by atoms with Gasteiger partial charge < -0.3 is 5.11 Å². The van der Waals surface area contributed by atoms with E-state index in [1.165, 1.54) is 0 Å². The van der Waals surface area contributed by atoms with Gasteiger partial charge in [0, 0.05) is 6.61 Å². The van der Waals surface area contributed by atoms with Gasteiger partial charge in [-0.3, -0.25) is 0 Å². The number of aliphatic hydroxyl groups is 1. The number of rotatable bonds is 2. The van der Waals surface area contributed by atoms with Crippen LogP contribution in [0.15, 0.2) is 23.1 Å². The second-order valence-corrected chi connectivity index (χ2v) is 6.24. The molecule has 1 N–H and O–H groups in total.